The minimum Gasteiger partial charge on any atom is -0.348 e. The van der Waals surface area contributed by atoms with Gasteiger partial charge in [0.05, 0.1) is 6.21 Å². The van der Waals surface area contributed by atoms with Gasteiger partial charge in [0.2, 0.25) is 0 Å². The average Bonchev–Trinajstić information content (AvgIpc) is 2.91. The van der Waals surface area contributed by atoms with Crippen LogP contribution in [0.1, 0.15) is 25.7 Å². The Morgan fingerprint density at radius 2 is 1.67 bits per heavy atom. The van der Waals surface area contributed by atoms with Crippen LogP contribution < -0.4 is 5.32 Å². The first-order chi connectivity index (χ1) is 8.78. The van der Waals surface area contributed by atoms with Crippen LogP contribution in [0.4, 0.5) is 0 Å². The predicted octanol–water partition coefficient (Wildman–Crippen LogP) is 0.312. The van der Waals surface area contributed by atoms with E-state index in [9.17, 15) is 4.79 Å². The number of nitrogens with zero attached hydrogens (tertiary/aromatic N) is 2. The second-order valence-corrected chi connectivity index (χ2v) is 5.32. The molecule has 18 heavy (non-hydrogen) atoms. The highest BCUT2D eigenvalue weighted by molar-refractivity contribution is 6.24. The van der Waals surface area contributed by atoms with Crippen LogP contribution in [0.5, 0.6) is 0 Å². The summed E-state index contributed by atoms with van der Waals surface area (Å²) in [7, 11) is 0. The van der Waals surface area contributed by atoms with E-state index in [1.54, 1.807) is 0 Å². The molecule has 2 rings (SSSR count). The van der Waals surface area contributed by atoms with Crippen molar-refractivity contribution in [1.82, 2.24) is 15.1 Å². The fourth-order valence-corrected chi connectivity index (χ4v) is 2.83. The second kappa shape index (κ2) is 6.85. The highest BCUT2D eigenvalue weighted by Gasteiger charge is 2.20. The van der Waals surface area contributed by atoms with Gasteiger partial charge in [0, 0.05) is 32.2 Å². The molecule has 0 spiro atoms. The fraction of sp³-hybridized carbons (Fsp3) is 0.846. The van der Waals surface area contributed by atoms with Crippen molar-refractivity contribution in [2.75, 3.05) is 39.3 Å². The molecule has 0 bridgehead atoms. The van der Waals surface area contributed by atoms with Gasteiger partial charge in [0.25, 0.3) is 5.91 Å². The van der Waals surface area contributed by atoms with E-state index in [2.05, 4.69) is 15.1 Å². The molecular weight excluding hydrogens is 228 g/mol. The molecule has 2 aliphatic heterocycles. The molecule has 102 valence electrons. The van der Waals surface area contributed by atoms with E-state index < -0.39 is 0 Å². The number of hydrogen-bond donors (Lipinski definition) is 2. The van der Waals surface area contributed by atoms with Crippen molar-refractivity contribution in [3.05, 3.63) is 0 Å². The Hall–Kier alpha value is -0.940. The molecule has 2 heterocycles. The minimum atomic E-state index is -0.259. The van der Waals surface area contributed by atoms with Crippen LogP contribution >= 0.6 is 0 Å². The molecule has 2 aliphatic rings. The van der Waals surface area contributed by atoms with Crippen LogP contribution in [-0.2, 0) is 4.79 Å². The van der Waals surface area contributed by atoms with Gasteiger partial charge in [-0.1, -0.05) is 0 Å². The van der Waals surface area contributed by atoms with Crippen LogP contribution in [0.3, 0.4) is 0 Å². The lowest BCUT2D eigenvalue weighted by molar-refractivity contribution is -0.115. The van der Waals surface area contributed by atoms with Gasteiger partial charge in [-0.25, -0.2) is 0 Å². The quantitative estimate of drug-likeness (QED) is 0.693. The topological polar surface area (TPSA) is 59.4 Å². The summed E-state index contributed by atoms with van der Waals surface area (Å²) >= 11 is 0. The van der Waals surface area contributed by atoms with Gasteiger partial charge < -0.3 is 20.5 Å². The smallest absolute Gasteiger partial charge is 0.261 e. The van der Waals surface area contributed by atoms with Gasteiger partial charge in [0.15, 0.2) is 0 Å². The van der Waals surface area contributed by atoms with Crippen molar-refractivity contribution in [3.63, 3.8) is 0 Å². The molecule has 5 nitrogen and oxygen atoms in total. The Labute approximate surface area is 109 Å². The van der Waals surface area contributed by atoms with Gasteiger partial charge in [-0.3, -0.25) is 4.79 Å². The first kappa shape index (κ1) is 13.5. The number of likely N-dealkylation sites (tertiary alicyclic amines) is 2. The lowest BCUT2D eigenvalue weighted by Gasteiger charge is -2.33. The van der Waals surface area contributed by atoms with Crippen molar-refractivity contribution >= 4 is 12.1 Å². The maximum absolute atomic E-state index is 11.1. The summed E-state index contributed by atoms with van der Waals surface area (Å²) in [4.78, 5) is 16.1. The summed E-state index contributed by atoms with van der Waals surface area (Å²) in [6.45, 7) is 7.02. The summed E-state index contributed by atoms with van der Waals surface area (Å²) in [6.07, 6.45) is 5.61. The van der Waals surface area contributed by atoms with Crippen LogP contribution in [0, 0.1) is 5.41 Å². The van der Waals surface area contributed by atoms with E-state index >= 15 is 0 Å². The molecule has 0 unspecified atom stereocenters. The standard InChI is InChI=1S/C13H24N4O/c14-11-13(18)15-12-3-7-17(8-4-12)10-9-16-5-1-2-6-16/h11-12,14H,1-10H2,(H,15,18). The zero-order valence-electron chi connectivity index (χ0n) is 11.0. The average molecular weight is 252 g/mol. The van der Waals surface area contributed by atoms with Crippen molar-refractivity contribution < 1.29 is 4.79 Å². The number of amides is 1. The third-order valence-electron chi connectivity index (χ3n) is 4.00. The maximum Gasteiger partial charge on any atom is 0.261 e. The summed E-state index contributed by atoms with van der Waals surface area (Å²) in [5.41, 5.74) is 0. The summed E-state index contributed by atoms with van der Waals surface area (Å²) in [5.74, 6) is -0.259. The zero-order valence-corrected chi connectivity index (χ0v) is 11.0. The zero-order chi connectivity index (χ0) is 12.8. The number of piperidine rings is 1. The number of carbonyl (C=O) groups is 1. The molecule has 0 aromatic rings. The SMILES string of the molecule is N=CC(=O)NC1CCN(CCN2CCCC2)CC1. The van der Waals surface area contributed by atoms with Crippen molar-refractivity contribution in [2.24, 2.45) is 0 Å². The Morgan fingerprint density at radius 1 is 1.11 bits per heavy atom. The minimum absolute atomic E-state index is 0.259. The molecule has 0 aliphatic carbocycles. The van der Waals surface area contributed by atoms with Crippen LogP contribution in [0.2, 0.25) is 0 Å². The molecule has 2 saturated heterocycles. The first-order valence-electron chi connectivity index (χ1n) is 7.03. The van der Waals surface area contributed by atoms with E-state index in [1.807, 2.05) is 0 Å². The van der Waals surface area contributed by atoms with E-state index in [4.69, 9.17) is 5.41 Å². The highest BCUT2D eigenvalue weighted by Crippen LogP contribution is 2.11. The Bertz CT molecular complexity index is 281. The molecule has 1 amide bonds. The molecule has 0 aromatic heterocycles. The normalized spacial score (nSPS) is 23.1. The predicted molar refractivity (Wildman–Crippen MR) is 72.1 cm³/mol. The molecule has 0 saturated carbocycles. The van der Waals surface area contributed by atoms with Gasteiger partial charge in [-0.05, 0) is 38.8 Å². The summed E-state index contributed by atoms with van der Waals surface area (Å²) in [5, 5.41) is 9.74. The second-order valence-electron chi connectivity index (χ2n) is 5.32. The van der Waals surface area contributed by atoms with Crippen LogP contribution in [-0.4, -0.2) is 67.2 Å². The Kier molecular flexibility index (Phi) is 5.13. The molecule has 2 fully saturated rings. The van der Waals surface area contributed by atoms with E-state index in [1.165, 1.54) is 32.5 Å². The molecule has 2 N–H and O–H groups in total. The molecular formula is C13H24N4O. The largest absolute Gasteiger partial charge is 0.348 e. The molecule has 0 radical (unpaired) electrons. The molecule has 5 heteroatoms. The Morgan fingerprint density at radius 3 is 2.22 bits per heavy atom. The van der Waals surface area contributed by atoms with Gasteiger partial charge in [-0.2, -0.15) is 0 Å². The maximum atomic E-state index is 11.1. The summed E-state index contributed by atoms with van der Waals surface area (Å²) < 4.78 is 0. The molecule has 0 atom stereocenters. The van der Waals surface area contributed by atoms with Crippen molar-refractivity contribution in [3.8, 4) is 0 Å². The summed E-state index contributed by atoms with van der Waals surface area (Å²) in [6, 6.07) is 0.266. The lowest BCUT2D eigenvalue weighted by Crippen LogP contribution is -2.46. The van der Waals surface area contributed by atoms with Crippen LogP contribution in [0.15, 0.2) is 0 Å². The number of nitrogens with one attached hydrogen (secondary N) is 2. The van der Waals surface area contributed by atoms with E-state index in [0.717, 1.165) is 38.7 Å². The first-order valence-corrected chi connectivity index (χ1v) is 7.03. The highest BCUT2D eigenvalue weighted by atomic mass is 16.1. The third-order valence-corrected chi connectivity index (χ3v) is 4.00. The number of rotatable bonds is 5. The van der Waals surface area contributed by atoms with Gasteiger partial charge in [-0.15, -0.1) is 0 Å². The van der Waals surface area contributed by atoms with E-state index in [-0.39, 0.29) is 11.9 Å². The number of carbonyl (C=O) groups excluding carboxylic acids is 1. The fourth-order valence-electron chi connectivity index (χ4n) is 2.83. The van der Waals surface area contributed by atoms with Crippen molar-refractivity contribution in [1.29, 1.82) is 5.41 Å². The number of hydrogen-bond acceptors (Lipinski definition) is 4. The van der Waals surface area contributed by atoms with E-state index in [0.29, 0.717) is 0 Å². The van der Waals surface area contributed by atoms with Gasteiger partial charge in [0.1, 0.15) is 0 Å². The van der Waals surface area contributed by atoms with Gasteiger partial charge >= 0.3 is 0 Å². The van der Waals surface area contributed by atoms with Crippen LogP contribution in [0.25, 0.3) is 0 Å². The lowest BCUT2D eigenvalue weighted by atomic mass is 10.1. The monoisotopic (exact) mass is 252 g/mol. The third kappa shape index (κ3) is 4.07. The molecule has 0 aromatic carbocycles. The Balaban J connectivity index is 1.60. The van der Waals surface area contributed by atoms with Crippen molar-refractivity contribution in [2.45, 2.75) is 31.7 Å².